The fourth-order valence-corrected chi connectivity index (χ4v) is 3.49. The molecule has 92 valence electrons. The molecule has 1 saturated carbocycles. The van der Waals surface area contributed by atoms with Gasteiger partial charge in [0.15, 0.2) is 0 Å². The molecule has 3 heteroatoms. The number of carbonyl (C=O) groups excluding carboxylic acids is 1. The van der Waals surface area contributed by atoms with Crippen LogP contribution in [0.5, 0.6) is 0 Å². The standard InChI is InChI=1S/C13H23NOS/c1-9-4-3-5-12(10(9)2)14-7-11(8-16)6-13(14)15/h9-12,16H,3-8H2,1-2H3. The van der Waals surface area contributed by atoms with Crippen LogP contribution in [-0.4, -0.2) is 29.1 Å². The minimum Gasteiger partial charge on any atom is -0.339 e. The number of amides is 1. The number of carbonyl (C=O) groups is 1. The summed E-state index contributed by atoms with van der Waals surface area (Å²) in [5.74, 6) is 3.13. The Morgan fingerprint density at radius 1 is 1.38 bits per heavy atom. The molecule has 2 aliphatic rings. The van der Waals surface area contributed by atoms with Crippen molar-refractivity contribution in [3.05, 3.63) is 0 Å². The first-order valence-electron chi connectivity index (χ1n) is 6.53. The molecule has 0 aromatic rings. The van der Waals surface area contributed by atoms with Crippen LogP contribution in [0.1, 0.15) is 39.5 Å². The number of hydrogen-bond acceptors (Lipinski definition) is 2. The van der Waals surface area contributed by atoms with E-state index in [-0.39, 0.29) is 0 Å². The van der Waals surface area contributed by atoms with Gasteiger partial charge in [0.05, 0.1) is 0 Å². The molecule has 16 heavy (non-hydrogen) atoms. The van der Waals surface area contributed by atoms with E-state index in [1.54, 1.807) is 0 Å². The average Bonchev–Trinajstić information content (AvgIpc) is 2.64. The molecule has 0 radical (unpaired) electrons. The van der Waals surface area contributed by atoms with Crippen LogP contribution >= 0.6 is 12.6 Å². The van der Waals surface area contributed by atoms with Crippen LogP contribution in [0.15, 0.2) is 0 Å². The number of rotatable bonds is 2. The largest absolute Gasteiger partial charge is 0.339 e. The number of thiol groups is 1. The van der Waals surface area contributed by atoms with E-state index >= 15 is 0 Å². The second-order valence-electron chi connectivity index (χ2n) is 5.63. The summed E-state index contributed by atoms with van der Waals surface area (Å²) in [5.41, 5.74) is 0. The second kappa shape index (κ2) is 4.99. The summed E-state index contributed by atoms with van der Waals surface area (Å²) < 4.78 is 0. The van der Waals surface area contributed by atoms with Gasteiger partial charge in [0.25, 0.3) is 0 Å². The Balaban J connectivity index is 2.04. The quantitative estimate of drug-likeness (QED) is 0.737. The van der Waals surface area contributed by atoms with Gasteiger partial charge in [-0.05, 0) is 29.9 Å². The highest BCUT2D eigenvalue weighted by molar-refractivity contribution is 7.80. The molecular weight excluding hydrogens is 218 g/mol. The Morgan fingerprint density at radius 3 is 2.75 bits per heavy atom. The first-order chi connectivity index (χ1) is 7.63. The normalized spacial score (nSPS) is 40.4. The Morgan fingerprint density at radius 2 is 2.12 bits per heavy atom. The van der Waals surface area contributed by atoms with Crippen molar-refractivity contribution < 1.29 is 4.79 Å². The molecule has 0 aromatic heterocycles. The van der Waals surface area contributed by atoms with Crippen molar-refractivity contribution in [2.24, 2.45) is 17.8 Å². The molecule has 2 nitrogen and oxygen atoms in total. The molecule has 0 spiro atoms. The lowest BCUT2D eigenvalue weighted by Crippen LogP contribution is -2.45. The Kier molecular flexibility index (Phi) is 3.83. The van der Waals surface area contributed by atoms with Crippen LogP contribution in [0.25, 0.3) is 0 Å². The molecule has 4 atom stereocenters. The molecule has 1 amide bonds. The van der Waals surface area contributed by atoms with Crippen molar-refractivity contribution in [3.8, 4) is 0 Å². The van der Waals surface area contributed by atoms with Crippen molar-refractivity contribution in [3.63, 3.8) is 0 Å². The van der Waals surface area contributed by atoms with E-state index in [1.165, 1.54) is 19.3 Å². The lowest BCUT2D eigenvalue weighted by atomic mass is 9.77. The number of likely N-dealkylation sites (tertiary alicyclic amines) is 1. The fraction of sp³-hybridized carbons (Fsp3) is 0.923. The molecule has 0 aromatic carbocycles. The lowest BCUT2D eigenvalue weighted by molar-refractivity contribution is -0.131. The third kappa shape index (κ3) is 2.24. The predicted molar refractivity (Wildman–Crippen MR) is 69.6 cm³/mol. The molecular formula is C13H23NOS. The van der Waals surface area contributed by atoms with Crippen LogP contribution in [0.4, 0.5) is 0 Å². The molecule has 2 rings (SSSR count). The Hall–Kier alpha value is -0.180. The first-order valence-corrected chi connectivity index (χ1v) is 7.17. The molecule has 4 unspecified atom stereocenters. The summed E-state index contributed by atoms with van der Waals surface area (Å²) in [4.78, 5) is 14.1. The van der Waals surface area contributed by atoms with Gasteiger partial charge in [-0.15, -0.1) is 0 Å². The maximum atomic E-state index is 12.0. The molecule has 1 saturated heterocycles. The Bertz CT molecular complexity index is 269. The summed E-state index contributed by atoms with van der Waals surface area (Å²) in [6, 6.07) is 0.501. The number of hydrogen-bond donors (Lipinski definition) is 1. The topological polar surface area (TPSA) is 20.3 Å². The smallest absolute Gasteiger partial charge is 0.223 e. The molecule has 1 aliphatic heterocycles. The zero-order valence-electron chi connectivity index (χ0n) is 10.4. The van der Waals surface area contributed by atoms with Gasteiger partial charge in [-0.25, -0.2) is 0 Å². The maximum Gasteiger partial charge on any atom is 0.223 e. The zero-order chi connectivity index (χ0) is 11.7. The van der Waals surface area contributed by atoms with Crippen molar-refractivity contribution in [2.75, 3.05) is 12.3 Å². The van der Waals surface area contributed by atoms with Crippen LogP contribution in [0, 0.1) is 17.8 Å². The highest BCUT2D eigenvalue weighted by atomic mass is 32.1. The lowest BCUT2D eigenvalue weighted by Gasteiger charge is -2.40. The van der Waals surface area contributed by atoms with Gasteiger partial charge in [-0.2, -0.15) is 12.6 Å². The van der Waals surface area contributed by atoms with E-state index in [1.807, 2.05) is 0 Å². The minimum atomic E-state index is 0.366. The van der Waals surface area contributed by atoms with Gasteiger partial charge in [0, 0.05) is 19.0 Å². The van der Waals surface area contributed by atoms with E-state index in [4.69, 9.17) is 0 Å². The van der Waals surface area contributed by atoms with Crippen LogP contribution in [0.2, 0.25) is 0 Å². The average molecular weight is 241 g/mol. The van der Waals surface area contributed by atoms with E-state index in [0.717, 1.165) is 24.6 Å². The van der Waals surface area contributed by atoms with E-state index in [0.29, 0.717) is 23.8 Å². The molecule has 0 bridgehead atoms. The van der Waals surface area contributed by atoms with Crippen LogP contribution in [0.3, 0.4) is 0 Å². The van der Waals surface area contributed by atoms with Gasteiger partial charge in [0.2, 0.25) is 5.91 Å². The van der Waals surface area contributed by atoms with Crippen LogP contribution in [-0.2, 0) is 4.79 Å². The minimum absolute atomic E-state index is 0.366. The van der Waals surface area contributed by atoms with Gasteiger partial charge in [0.1, 0.15) is 0 Å². The third-order valence-electron chi connectivity index (χ3n) is 4.56. The van der Waals surface area contributed by atoms with Crippen molar-refractivity contribution in [1.29, 1.82) is 0 Å². The van der Waals surface area contributed by atoms with E-state index in [2.05, 4.69) is 31.4 Å². The van der Waals surface area contributed by atoms with Crippen LogP contribution < -0.4 is 0 Å². The predicted octanol–water partition coefficient (Wildman–Crippen LogP) is 2.59. The summed E-state index contributed by atoms with van der Waals surface area (Å²) in [6.45, 7) is 5.59. The van der Waals surface area contributed by atoms with Gasteiger partial charge >= 0.3 is 0 Å². The molecule has 1 heterocycles. The highest BCUT2D eigenvalue weighted by Crippen LogP contribution is 2.35. The maximum absolute atomic E-state index is 12.0. The van der Waals surface area contributed by atoms with E-state index < -0.39 is 0 Å². The zero-order valence-corrected chi connectivity index (χ0v) is 11.2. The van der Waals surface area contributed by atoms with Crippen molar-refractivity contribution in [2.45, 2.75) is 45.6 Å². The monoisotopic (exact) mass is 241 g/mol. The molecule has 2 fully saturated rings. The van der Waals surface area contributed by atoms with Crippen molar-refractivity contribution >= 4 is 18.5 Å². The molecule has 1 aliphatic carbocycles. The van der Waals surface area contributed by atoms with Gasteiger partial charge in [-0.3, -0.25) is 4.79 Å². The fourth-order valence-electron chi connectivity index (χ4n) is 3.25. The SMILES string of the molecule is CC1CCCC(N2CC(CS)CC2=O)C1C. The van der Waals surface area contributed by atoms with Crippen molar-refractivity contribution in [1.82, 2.24) is 4.90 Å². The second-order valence-corrected chi connectivity index (χ2v) is 6.00. The highest BCUT2D eigenvalue weighted by Gasteiger charge is 2.38. The molecule has 0 N–H and O–H groups in total. The first kappa shape index (κ1) is 12.3. The number of nitrogens with zero attached hydrogens (tertiary/aromatic N) is 1. The summed E-state index contributed by atoms with van der Waals surface area (Å²) in [7, 11) is 0. The van der Waals surface area contributed by atoms with Gasteiger partial charge < -0.3 is 4.90 Å². The summed E-state index contributed by atoms with van der Waals surface area (Å²) >= 11 is 4.32. The summed E-state index contributed by atoms with van der Waals surface area (Å²) in [5, 5.41) is 0. The third-order valence-corrected chi connectivity index (χ3v) is 5.08. The van der Waals surface area contributed by atoms with Gasteiger partial charge in [-0.1, -0.05) is 26.7 Å². The van der Waals surface area contributed by atoms with E-state index in [9.17, 15) is 4.79 Å². The Labute approximate surface area is 104 Å². The summed E-state index contributed by atoms with van der Waals surface area (Å²) in [6.07, 6.45) is 4.54.